The summed E-state index contributed by atoms with van der Waals surface area (Å²) >= 11 is 0. The Hall–Kier alpha value is -2.10. The second kappa shape index (κ2) is 7.65. The Morgan fingerprint density at radius 2 is 2.08 bits per heavy atom. The zero-order chi connectivity index (χ0) is 18.7. The van der Waals surface area contributed by atoms with E-state index in [1.807, 2.05) is 23.6 Å². The summed E-state index contributed by atoms with van der Waals surface area (Å²) in [6.45, 7) is 3.19. The number of hydrogen-bond acceptors (Lipinski definition) is 6. The van der Waals surface area contributed by atoms with Gasteiger partial charge >= 0.3 is 0 Å². The highest BCUT2D eigenvalue weighted by Crippen LogP contribution is 2.28. The van der Waals surface area contributed by atoms with Gasteiger partial charge in [0, 0.05) is 25.2 Å². The van der Waals surface area contributed by atoms with E-state index in [4.69, 9.17) is 10.7 Å². The van der Waals surface area contributed by atoms with Crippen molar-refractivity contribution in [2.24, 2.45) is 5.73 Å². The number of nitrogens with one attached hydrogen (secondary N) is 1. The number of rotatable bonds is 8. The van der Waals surface area contributed by atoms with Gasteiger partial charge in [-0.15, -0.1) is 0 Å². The van der Waals surface area contributed by atoms with Gasteiger partial charge < -0.3 is 10.3 Å². The van der Waals surface area contributed by atoms with Crippen LogP contribution in [0, 0.1) is 0 Å². The molecule has 0 aliphatic rings. The van der Waals surface area contributed by atoms with Gasteiger partial charge in [0.1, 0.15) is 11.0 Å². The normalized spacial score (nSPS) is 13.5. The first kappa shape index (κ1) is 18.7. The minimum Gasteiger partial charge on any atom is -0.330 e. The molecule has 0 aromatic carbocycles. The fourth-order valence-corrected chi connectivity index (χ4v) is 3.76. The van der Waals surface area contributed by atoms with Crippen molar-refractivity contribution >= 4 is 32.1 Å². The minimum absolute atomic E-state index is 0.0891. The summed E-state index contributed by atoms with van der Waals surface area (Å²) in [5, 5.41) is 0. The molecular formula is C17H24N6O2S. The average Bonchev–Trinajstić information content (AvgIpc) is 3.08. The number of fused-ring (bicyclic) bond motifs is 3. The Balaban J connectivity index is 1.95. The zero-order valence-corrected chi connectivity index (χ0v) is 15.8. The third-order valence-electron chi connectivity index (χ3n) is 4.53. The molecule has 8 nitrogen and oxygen atoms in total. The summed E-state index contributed by atoms with van der Waals surface area (Å²) in [6.07, 6.45) is 4.82. The predicted octanol–water partition coefficient (Wildman–Crippen LogP) is 1.37. The topological polar surface area (TPSA) is 116 Å². The van der Waals surface area contributed by atoms with E-state index in [-0.39, 0.29) is 11.7 Å². The smallest absolute Gasteiger partial charge is 0.211 e. The van der Waals surface area contributed by atoms with E-state index >= 15 is 0 Å². The van der Waals surface area contributed by atoms with Crippen LogP contribution in [-0.2, 0) is 16.6 Å². The second-order valence-corrected chi connectivity index (χ2v) is 8.42. The van der Waals surface area contributed by atoms with Crippen LogP contribution in [0.15, 0.2) is 24.7 Å². The van der Waals surface area contributed by atoms with Gasteiger partial charge in [-0.05, 0) is 32.0 Å². The number of nitrogens with zero attached hydrogens (tertiary/aromatic N) is 4. The van der Waals surface area contributed by atoms with Crippen molar-refractivity contribution in [2.45, 2.75) is 32.2 Å². The van der Waals surface area contributed by atoms with Gasteiger partial charge in [0.25, 0.3) is 0 Å². The summed E-state index contributed by atoms with van der Waals surface area (Å²) in [7, 11) is -1.74. The molecule has 0 bridgehead atoms. The first-order valence-electron chi connectivity index (χ1n) is 8.67. The van der Waals surface area contributed by atoms with Gasteiger partial charge in [-0.3, -0.25) is 4.98 Å². The Kier molecular flexibility index (Phi) is 5.49. The van der Waals surface area contributed by atoms with Crippen LogP contribution in [0.2, 0.25) is 0 Å². The molecule has 1 unspecified atom stereocenters. The quantitative estimate of drug-likeness (QED) is 0.574. The molecule has 1 atom stereocenters. The largest absolute Gasteiger partial charge is 0.330 e. The molecule has 0 fully saturated rings. The SMILES string of the molecule is CNS(=O)(=O)CCCCn1cnc2c(C(C)CN)nc3cccnc3c21. The van der Waals surface area contributed by atoms with E-state index in [1.165, 1.54) is 7.05 Å². The minimum atomic E-state index is -3.17. The molecule has 26 heavy (non-hydrogen) atoms. The van der Waals surface area contributed by atoms with E-state index in [9.17, 15) is 8.42 Å². The molecule has 0 saturated heterocycles. The highest BCUT2D eigenvalue weighted by Gasteiger charge is 2.18. The molecule has 9 heteroatoms. The van der Waals surface area contributed by atoms with Crippen molar-refractivity contribution in [1.29, 1.82) is 0 Å². The van der Waals surface area contributed by atoms with Crippen LogP contribution >= 0.6 is 0 Å². The van der Waals surface area contributed by atoms with E-state index in [0.717, 1.165) is 34.2 Å². The maximum atomic E-state index is 11.5. The van der Waals surface area contributed by atoms with Crippen LogP contribution in [-0.4, -0.2) is 47.3 Å². The lowest BCUT2D eigenvalue weighted by Crippen LogP contribution is -2.22. The summed E-state index contributed by atoms with van der Waals surface area (Å²) in [4.78, 5) is 13.8. The molecule has 140 valence electrons. The standard InChI is InChI=1S/C17H24N6O2S/c1-12(10-18)14-16-17(15-13(22-14)6-5-7-20-15)23(11-21-16)8-3-4-9-26(24,25)19-2/h5-7,11-12,19H,3-4,8-10,18H2,1-2H3. The van der Waals surface area contributed by atoms with Crippen LogP contribution in [0.25, 0.3) is 22.1 Å². The molecule has 0 spiro atoms. The highest BCUT2D eigenvalue weighted by atomic mass is 32.2. The van der Waals surface area contributed by atoms with Gasteiger partial charge in [0.2, 0.25) is 10.0 Å². The molecule has 3 N–H and O–H groups in total. The first-order valence-corrected chi connectivity index (χ1v) is 10.3. The van der Waals surface area contributed by atoms with Crippen molar-refractivity contribution in [3.05, 3.63) is 30.4 Å². The fourth-order valence-electron chi connectivity index (χ4n) is 2.97. The van der Waals surface area contributed by atoms with Gasteiger partial charge in [-0.25, -0.2) is 23.1 Å². The molecule has 0 saturated carbocycles. The molecule has 0 radical (unpaired) electrons. The number of pyridine rings is 2. The van der Waals surface area contributed by atoms with Crippen molar-refractivity contribution in [2.75, 3.05) is 19.3 Å². The highest BCUT2D eigenvalue weighted by molar-refractivity contribution is 7.89. The van der Waals surface area contributed by atoms with E-state index < -0.39 is 10.0 Å². The molecular weight excluding hydrogens is 352 g/mol. The van der Waals surface area contributed by atoms with Gasteiger partial charge in [-0.2, -0.15) is 0 Å². The number of hydrogen-bond donors (Lipinski definition) is 2. The van der Waals surface area contributed by atoms with Crippen LogP contribution in [0.5, 0.6) is 0 Å². The van der Waals surface area contributed by atoms with E-state index in [1.54, 1.807) is 12.5 Å². The van der Waals surface area contributed by atoms with Crippen LogP contribution in [0.1, 0.15) is 31.4 Å². The van der Waals surface area contributed by atoms with Gasteiger partial charge in [0.05, 0.1) is 28.8 Å². The lowest BCUT2D eigenvalue weighted by molar-refractivity contribution is 0.578. The summed E-state index contributed by atoms with van der Waals surface area (Å²) in [5.41, 5.74) is 10.1. The van der Waals surface area contributed by atoms with Crippen molar-refractivity contribution < 1.29 is 8.42 Å². The van der Waals surface area contributed by atoms with Crippen molar-refractivity contribution in [3.63, 3.8) is 0 Å². The molecule has 3 heterocycles. The molecule has 0 aliphatic carbocycles. The number of imidazole rings is 1. The monoisotopic (exact) mass is 376 g/mol. The molecule has 3 aromatic heterocycles. The molecule has 0 aliphatic heterocycles. The number of unbranched alkanes of at least 4 members (excludes halogenated alkanes) is 1. The maximum absolute atomic E-state index is 11.5. The number of aromatic nitrogens is 4. The number of nitrogens with two attached hydrogens (primary N) is 1. The number of aryl methyl sites for hydroxylation is 1. The Morgan fingerprint density at radius 1 is 1.27 bits per heavy atom. The third-order valence-corrected chi connectivity index (χ3v) is 5.97. The summed E-state index contributed by atoms with van der Waals surface area (Å²) < 4.78 is 27.5. The Morgan fingerprint density at radius 3 is 2.81 bits per heavy atom. The van der Waals surface area contributed by atoms with Crippen LogP contribution in [0.4, 0.5) is 0 Å². The molecule has 0 amide bonds. The maximum Gasteiger partial charge on any atom is 0.211 e. The predicted molar refractivity (Wildman–Crippen MR) is 102 cm³/mol. The van der Waals surface area contributed by atoms with Crippen molar-refractivity contribution in [3.8, 4) is 0 Å². The van der Waals surface area contributed by atoms with Gasteiger partial charge in [-0.1, -0.05) is 6.92 Å². The third kappa shape index (κ3) is 3.69. The van der Waals surface area contributed by atoms with E-state index in [0.29, 0.717) is 19.5 Å². The van der Waals surface area contributed by atoms with Crippen LogP contribution < -0.4 is 10.5 Å². The summed E-state index contributed by atoms with van der Waals surface area (Å²) in [6, 6.07) is 3.80. The second-order valence-electron chi connectivity index (χ2n) is 6.37. The first-order chi connectivity index (χ1) is 12.5. The summed E-state index contributed by atoms with van der Waals surface area (Å²) in [5.74, 6) is 0.206. The van der Waals surface area contributed by atoms with E-state index in [2.05, 4.69) is 14.7 Å². The zero-order valence-electron chi connectivity index (χ0n) is 15.0. The lowest BCUT2D eigenvalue weighted by atomic mass is 10.1. The fraction of sp³-hybridized carbons (Fsp3) is 0.471. The molecule has 3 aromatic rings. The number of sulfonamides is 1. The lowest BCUT2D eigenvalue weighted by Gasteiger charge is -2.12. The van der Waals surface area contributed by atoms with Crippen LogP contribution in [0.3, 0.4) is 0 Å². The van der Waals surface area contributed by atoms with Gasteiger partial charge in [0.15, 0.2) is 0 Å². The Bertz CT molecular complexity index is 1010. The Labute approximate surface area is 152 Å². The average molecular weight is 376 g/mol. The molecule has 3 rings (SSSR count). The van der Waals surface area contributed by atoms with Crippen molar-refractivity contribution in [1.82, 2.24) is 24.2 Å².